The van der Waals surface area contributed by atoms with Gasteiger partial charge in [-0.15, -0.1) is 0 Å². The average Bonchev–Trinajstić information content (AvgIpc) is 2.31. The minimum absolute atomic E-state index is 0.755. The van der Waals surface area contributed by atoms with Crippen molar-refractivity contribution in [1.82, 2.24) is 15.3 Å². The Bertz CT molecular complexity index is 312. The third-order valence-corrected chi connectivity index (χ3v) is 2.36. The number of hydrogen-bond acceptors (Lipinski definition) is 5. The van der Waals surface area contributed by atoms with Crippen LogP contribution in [0.15, 0.2) is 12.4 Å². The summed E-state index contributed by atoms with van der Waals surface area (Å²) in [5, 5.41) is 3.07. The molecule has 2 rings (SSSR count). The van der Waals surface area contributed by atoms with Crippen molar-refractivity contribution in [2.75, 3.05) is 38.3 Å². The maximum Gasteiger partial charge on any atom is 0.147 e. The molecule has 1 fully saturated rings. The first kappa shape index (κ1) is 10.3. The van der Waals surface area contributed by atoms with E-state index in [4.69, 9.17) is 4.74 Å². The number of rotatable bonds is 3. The molecule has 1 aliphatic heterocycles. The van der Waals surface area contributed by atoms with Crippen molar-refractivity contribution >= 4 is 5.82 Å². The molecular weight excluding hydrogens is 192 g/mol. The Hall–Kier alpha value is -1.20. The Morgan fingerprint density at radius 3 is 2.93 bits per heavy atom. The van der Waals surface area contributed by atoms with Gasteiger partial charge in [-0.2, -0.15) is 0 Å². The van der Waals surface area contributed by atoms with Crippen LogP contribution in [0.3, 0.4) is 0 Å². The molecule has 1 aromatic rings. The smallest absolute Gasteiger partial charge is 0.147 e. The van der Waals surface area contributed by atoms with E-state index < -0.39 is 0 Å². The number of morpholine rings is 1. The third kappa shape index (κ3) is 2.64. The molecule has 0 aliphatic carbocycles. The van der Waals surface area contributed by atoms with Crippen molar-refractivity contribution in [3.63, 3.8) is 0 Å². The summed E-state index contributed by atoms with van der Waals surface area (Å²) in [6.07, 6.45) is 3.60. The molecule has 5 nitrogen and oxygen atoms in total. The van der Waals surface area contributed by atoms with Crippen molar-refractivity contribution in [2.45, 2.75) is 6.54 Å². The second-order valence-corrected chi connectivity index (χ2v) is 3.50. The van der Waals surface area contributed by atoms with Crippen LogP contribution in [0, 0.1) is 0 Å². The zero-order valence-electron chi connectivity index (χ0n) is 8.94. The summed E-state index contributed by atoms with van der Waals surface area (Å²) >= 11 is 0. The number of ether oxygens (including phenoxy) is 1. The van der Waals surface area contributed by atoms with Gasteiger partial charge in [0.2, 0.25) is 0 Å². The number of anilines is 1. The van der Waals surface area contributed by atoms with Crippen LogP contribution >= 0.6 is 0 Å². The molecule has 0 spiro atoms. The van der Waals surface area contributed by atoms with E-state index in [9.17, 15) is 0 Å². The van der Waals surface area contributed by atoms with E-state index >= 15 is 0 Å². The topological polar surface area (TPSA) is 50.3 Å². The number of hydrogen-bond donors (Lipinski definition) is 1. The summed E-state index contributed by atoms with van der Waals surface area (Å²) in [4.78, 5) is 10.9. The molecule has 0 amide bonds. The monoisotopic (exact) mass is 208 g/mol. The molecule has 1 saturated heterocycles. The summed E-state index contributed by atoms with van der Waals surface area (Å²) in [6, 6.07) is 0. The Balaban J connectivity index is 2.09. The van der Waals surface area contributed by atoms with E-state index in [1.54, 1.807) is 6.20 Å². The minimum atomic E-state index is 0.755. The lowest BCUT2D eigenvalue weighted by Crippen LogP contribution is -2.37. The van der Waals surface area contributed by atoms with Crippen molar-refractivity contribution in [2.24, 2.45) is 0 Å². The molecule has 0 saturated carbocycles. The normalized spacial score (nSPS) is 16.7. The van der Waals surface area contributed by atoms with Crippen LogP contribution in [0.25, 0.3) is 0 Å². The van der Waals surface area contributed by atoms with E-state index in [-0.39, 0.29) is 0 Å². The van der Waals surface area contributed by atoms with Gasteiger partial charge in [-0.25, -0.2) is 4.98 Å². The highest BCUT2D eigenvalue weighted by Gasteiger charge is 2.12. The molecule has 1 N–H and O–H groups in total. The molecule has 5 heteroatoms. The molecule has 82 valence electrons. The zero-order chi connectivity index (χ0) is 10.5. The first-order valence-electron chi connectivity index (χ1n) is 5.18. The molecular formula is C10H16N4O. The van der Waals surface area contributed by atoms with Gasteiger partial charge in [0, 0.05) is 25.8 Å². The Labute approximate surface area is 89.5 Å². The lowest BCUT2D eigenvalue weighted by atomic mass is 10.4. The largest absolute Gasteiger partial charge is 0.378 e. The average molecular weight is 208 g/mol. The fraction of sp³-hybridized carbons (Fsp3) is 0.600. The van der Waals surface area contributed by atoms with Gasteiger partial charge in [-0.05, 0) is 7.05 Å². The summed E-state index contributed by atoms with van der Waals surface area (Å²) in [5.74, 6) is 0.950. The molecule has 0 atom stereocenters. The minimum Gasteiger partial charge on any atom is -0.378 e. The first-order valence-corrected chi connectivity index (χ1v) is 5.18. The fourth-order valence-electron chi connectivity index (χ4n) is 1.61. The number of nitrogens with one attached hydrogen (secondary N) is 1. The fourth-order valence-corrected chi connectivity index (χ4v) is 1.61. The second-order valence-electron chi connectivity index (χ2n) is 3.50. The quantitative estimate of drug-likeness (QED) is 0.759. The maximum atomic E-state index is 5.30. The predicted octanol–water partition coefficient (Wildman–Crippen LogP) is 0.0326. The molecule has 1 aliphatic rings. The van der Waals surface area contributed by atoms with E-state index in [2.05, 4.69) is 20.2 Å². The molecule has 0 radical (unpaired) electrons. The van der Waals surface area contributed by atoms with Gasteiger partial charge in [0.25, 0.3) is 0 Å². The van der Waals surface area contributed by atoms with Gasteiger partial charge in [0.15, 0.2) is 0 Å². The van der Waals surface area contributed by atoms with Gasteiger partial charge in [-0.1, -0.05) is 0 Å². The molecule has 0 unspecified atom stereocenters. The van der Waals surface area contributed by atoms with E-state index in [0.717, 1.165) is 44.4 Å². The van der Waals surface area contributed by atoms with Gasteiger partial charge in [0.1, 0.15) is 5.82 Å². The zero-order valence-corrected chi connectivity index (χ0v) is 8.94. The Morgan fingerprint density at radius 1 is 1.40 bits per heavy atom. The summed E-state index contributed by atoms with van der Waals surface area (Å²) in [7, 11) is 1.91. The third-order valence-electron chi connectivity index (χ3n) is 2.36. The first-order chi connectivity index (χ1) is 7.40. The van der Waals surface area contributed by atoms with Crippen molar-refractivity contribution in [1.29, 1.82) is 0 Å². The lowest BCUT2D eigenvalue weighted by Gasteiger charge is -2.27. The van der Waals surface area contributed by atoms with Crippen LogP contribution < -0.4 is 10.2 Å². The Kier molecular flexibility index (Phi) is 3.47. The van der Waals surface area contributed by atoms with Gasteiger partial charge in [0.05, 0.1) is 25.1 Å². The standard InChI is InChI=1S/C10H16N4O/c1-11-6-9-7-12-8-10(13-9)14-2-4-15-5-3-14/h7-8,11H,2-6H2,1H3. The molecule has 0 bridgehead atoms. The van der Waals surface area contributed by atoms with Crippen molar-refractivity contribution in [3.8, 4) is 0 Å². The highest BCUT2D eigenvalue weighted by Crippen LogP contribution is 2.11. The molecule has 15 heavy (non-hydrogen) atoms. The second kappa shape index (κ2) is 5.04. The van der Waals surface area contributed by atoms with Crippen molar-refractivity contribution in [3.05, 3.63) is 18.1 Å². The van der Waals surface area contributed by atoms with Gasteiger partial charge >= 0.3 is 0 Å². The number of aromatic nitrogens is 2. The summed E-state index contributed by atoms with van der Waals surface area (Å²) in [6.45, 7) is 4.11. The highest BCUT2D eigenvalue weighted by molar-refractivity contribution is 5.36. The summed E-state index contributed by atoms with van der Waals surface area (Å²) < 4.78 is 5.30. The van der Waals surface area contributed by atoms with Crippen LogP contribution in [0.4, 0.5) is 5.82 Å². The van der Waals surface area contributed by atoms with Crippen LogP contribution in [-0.4, -0.2) is 43.3 Å². The molecule has 0 aromatic carbocycles. The van der Waals surface area contributed by atoms with Crippen LogP contribution in [0.1, 0.15) is 5.69 Å². The molecule has 2 heterocycles. The number of nitrogens with zero attached hydrogens (tertiary/aromatic N) is 3. The van der Waals surface area contributed by atoms with E-state index in [1.807, 2.05) is 13.2 Å². The SMILES string of the molecule is CNCc1cncc(N2CCOCC2)n1. The highest BCUT2D eigenvalue weighted by atomic mass is 16.5. The Morgan fingerprint density at radius 2 is 2.20 bits per heavy atom. The van der Waals surface area contributed by atoms with Crippen LogP contribution in [0.5, 0.6) is 0 Å². The summed E-state index contributed by atoms with van der Waals surface area (Å²) in [5.41, 5.74) is 0.974. The van der Waals surface area contributed by atoms with Gasteiger partial charge < -0.3 is 15.0 Å². The van der Waals surface area contributed by atoms with E-state index in [1.165, 1.54) is 0 Å². The van der Waals surface area contributed by atoms with Crippen LogP contribution in [0.2, 0.25) is 0 Å². The predicted molar refractivity (Wildman–Crippen MR) is 57.8 cm³/mol. The van der Waals surface area contributed by atoms with Crippen molar-refractivity contribution < 1.29 is 4.74 Å². The van der Waals surface area contributed by atoms with Crippen LogP contribution in [-0.2, 0) is 11.3 Å². The van der Waals surface area contributed by atoms with E-state index in [0.29, 0.717) is 0 Å². The molecule has 1 aromatic heterocycles. The maximum absolute atomic E-state index is 5.30. The van der Waals surface area contributed by atoms with Gasteiger partial charge in [-0.3, -0.25) is 4.98 Å². The lowest BCUT2D eigenvalue weighted by molar-refractivity contribution is 0.122.